The monoisotopic (exact) mass is 465 g/mol. The second-order valence-corrected chi connectivity index (χ2v) is 9.06. The summed E-state index contributed by atoms with van der Waals surface area (Å²) in [6.45, 7) is 2.27. The third-order valence-corrected chi connectivity index (χ3v) is 6.40. The molecule has 0 unspecified atom stereocenters. The number of nitrogens with zero attached hydrogens (tertiary/aromatic N) is 2. The van der Waals surface area contributed by atoms with Gasteiger partial charge in [-0.05, 0) is 6.42 Å². The summed E-state index contributed by atoms with van der Waals surface area (Å²) >= 11 is 0. The lowest BCUT2D eigenvalue weighted by Gasteiger charge is -2.12. The Balaban J connectivity index is 1.23. The fourth-order valence-corrected chi connectivity index (χ4v) is 4.41. The van der Waals surface area contributed by atoms with E-state index in [9.17, 15) is 15.0 Å². The molecule has 1 aromatic rings. The molecule has 0 spiro atoms. The summed E-state index contributed by atoms with van der Waals surface area (Å²) in [6, 6.07) is 2.09. The highest BCUT2D eigenvalue weighted by molar-refractivity contribution is 5.75. The predicted octanol–water partition coefficient (Wildman–Crippen LogP) is 2.57. The van der Waals surface area contributed by atoms with Crippen molar-refractivity contribution in [3.05, 3.63) is 12.3 Å². The predicted molar refractivity (Wildman–Crippen MR) is 124 cm³/mol. The number of aromatic nitrogens is 2. The molecule has 2 aliphatic heterocycles. The van der Waals surface area contributed by atoms with E-state index in [1.54, 1.807) is 16.8 Å². The SMILES string of the molecule is CCCCCCCCCCCCCC(=O)NCNc1cc[n+]2c(n1)O[C@H]1[C@H](O)[C@@H](CO)O[C@H]12. The minimum atomic E-state index is -0.909. The van der Waals surface area contributed by atoms with Crippen molar-refractivity contribution in [2.24, 2.45) is 0 Å². The van der Waals surface area contributed by atoms with Gasteiger partial charge in [0.25, 0.3) is 0 Å². The van der Waals surface area contributed by atoms with Gasteiger partial charge in [-0.2, -0.15) is 4.57 Å². The number of fused-ring (bicyclic) bond motifs is 3. The van der Waals surface area contributed by atoms with Crippen molar-refractivity contribution >= 4 is 11.7 Å². The third-order valence-electron chi connectivity index (χ3n) is 6.40. The van der Waals surface area contributed by atoms with E-state index in [2.05, 4.69) is 22.5 Å². The molecule has 0 saturated carbocycles. The Hall–Kier alpha value is -1.97. The van der Waals surface area contributed by atoms with Crippen molar-refractivity contribution in [2.75, 3.05) is 18.6 Å². The van der Waals surface area contributed by atoms with Crippen LogP contribution in [0.3, 0.4) is 0 Å². The molecule has 3 rings (SSSR count). The van der Waals surface area contributed by atoms with Crippen LogP contribution in [-0.2, 0) is 9.53 Å². The molecule has 33 heavy (non-hydrogen) atoms. The summed E-state index contributed by atoms with van der Waals surface area (Å²) in [6.07, 6.45) is 13.6. The van der Waals surface area contributed by atoms with Gasteiger partial charge in [0.15, 0.2) is 0 Å². The molecule has 0 radical (unpaired) electrons. The van der Waals surface area contributed by atoms with Crippen molar-refractivity contribution in [1.82, 2.24) is 10.3 Å². The smallest absolute Gasteiger partial charge is 0.414 e. The number of amides is 1. The summed E-state index contributed by atoms with van der Waals surface area (Å²) in [4.78, 5) is 16.4. The molecule has 3 heterocycles. The molecule has 1 saturated heterocycles. The normalized spacial score (nSPS) is 23.1. The van der Waals surface area contributed by atoms with Crippen LogP contribution in [0.1, 0.15) is 90.2 Å². The average Bonchev–Trinajstić information content (AvgIpc) is 3.33. The molecule has 9 nitrogen and oxygen atoms in total. The van der Waals surface area contributed by atoms with Crippen LogP contribution in [0.25, 0.3) is 0 Å². The van der Waals surface area contributed by atoms with Gasteiger partial charge < -0.3 is 30.3 Å². The Bertz CT molecular complexity index is 735. The van der Waals surface area contributed by atoms with Crippen LogP contribution in [-0.4, -0.2) is 52.7 Å². The van der Waals surface area contributed by atoms with E-state index in [-0.39, 0.29) is 19.2 Å². The molecule has 9 heteroatoms. The quantitative estimate of drug-likeness (QED) is 0.168. The number of ether oxygens (including phenoxy) is 2. The van der Waals surface area contributed by atoms with E-state index < -0.39 is 24.5 Å². The molecular formula is C24H41N4O5+. The Morgan fingerprint density at radius 1 is 1.09 bits per heavy atom. The number of aliphatic hydroxyl groups excluding tert-OH is 2. The lowest BCUT2D eigenvalue weighted by atomic mass is 10.1. The largest absolute Gasteiger partial charge is 0.503 e. The van der Waals surface area contributed by atoms with Gasteiger partial charge in [0.2, 0.25) is 24.1 Å². The summed E-state index contributed by atoms with van der Waals surface area (Å²) in [5.74, 6) is 0.593. The average molecular weight is 466 g/mol. The first kappa shape index (κ1) is 25.6. The van der Waals surface area contributed by atoms with Crippen molar-refractivity contribution in [3.63, 3.8) is 0 Å². The second-order valence-electron chi connectivity index (χ2n) is 9.06. The Morgan fingerprint density at radius 3 is 2.42 bits per heavy atom. The molecule has 1 aromatic heterocycles. The summed E-state index contributed by atoms with van der Waals surface area (Å²) in [5.41, 5.74) is 0. The van der Waals surface area contributed by atoms with E-state index in [1.165, 1.54) is 57.8 Å². The number of aliphatic hydroxyl groups is 2. The second kappa shape index (κ2) is 13.7. The zero-order chi connectivity index (χ0) is 23.5. The van der Waals surface area contributed by atoms with E-state index >= 15 is 0 Å². The maximum Gasteiger partial charge on any atom is 0.503 e. The number of hydrogen-bond donors (Lipinski definition) is 4. The first-order valence-electron chi connectivity index (χ1n) is 12.7. The first-order valence-corrected chi connectivity index (χ1v) is 12.7. The topological polar surface area (TPSA) is 117 Å². The van der Waals surface area contributed by atoms with Gasteiger partial charge in [0, 0.05) is 17.5 Å². The van der Waals surface area contributed by atoms with E-state index in [0.717, 1.165) is 12.8 Å². The van der Waals surface area contributed by atoms with Crippen LogP contribution in [0.5, 0.6) is 6.01 Å². The van der Waals surface area contributed by atoms with Gasteiger partial charge in [-0.15, -0.1) is 0 Å². The zero-order valence-electron chi connectivity index (χ0n) is 19.9. The number of carbonyl (C=O) groups is 1. The van der Waals surface area contributed by atoms with Gasteiger partial charge in [-0.3, -0.25) is 4.79 Å². The molecule has 0 aromatic carbocycles. The Kier molecular flexibility index (Phi) is 10.6. The zero-order valence-corrected chi connectivity index (χ0v) is 19.9. The van der Waals surface area contributed by atoms with Crippen molar-refractivity contribution in [1.29, 1.82) is 0 Å². The number of carbonyl (C=O) groups excluding carboxylic acids is 1. The molecule has 186 valence electrons. The highest BCUT2D eigenvalue weighted by atomic mass is 16.6. The number of unbranched alkanes of at least 4 members (excludes halogenated alkanes) is 10. The summed E-state index contributed by atoms with van der Waals surface area (Å²) < 4.78 is 13.0. The van der Waals surface area contributed by atoms with Gasteiger partial charge in [0.1, 0.15) is 18.4 Å². The minimum Gasteiger partial charge on any atom is -0.414 e. The first-order chi connectivity index (χ1) is 16.1. The fourth-order valence-electron chi connectivity index (χ4n) is 4.41. The maximum atomic E-state index is 12.0. The number of anilines is 1. The van der Waals surface area contributed by atoms with Gasteiger partial charge >= 0.3 is 6.01 Å². The lowest BCUT2D eigenvalue weighted by molar-refractivity contribution is -0.746. The lowest BCUT2D eigenvalue weighted by Crippen LogP contribution is -2.39. The Morgan fingerprint density at radius 2 is 1.76 bits per heavy atom. The van der Waals surface area contributed by atoms with Crippen molar-refractivity contribution < 1.29 is 29.0 Å². The minimum absolute atomic E-state index is 0.0336. The molecule has 1 fully saturated rings. The standard InChI is InChI=1S/C24H40N4O5/c1-2-3-4-5-6-7-8-9-10-11-12-13-20(30)26-17-25-19-14-15-28-23-22(33-24(28)27-19)21(31)18(16-29)32-23/h14-15,18,21-23,29,31H,2-13,16-17H2,1H3,(H,26,30)/p+1/t18-,21-,22+,23-/m1/s1. The van der Waals surface area contributed by atoms with E-state index in [0.29, 0.717) is 18.2 Å². The highest BCUT2D eigenvalue weighted by Gasteiger charge is 2.55. The van der Waals surface area contributed by atoms with E-state index in [1.807, 2.05) is 0 Å². The summed E-state index contributed by atoms with van der Waals surface area (Å²) in [7, 11) is 0. The summed E-state index contributed by atoms with van der Waals surface area (Å²) in [5, 5.41) is 25.4. The van der Waals surface area contributed by atoms with Crippen molar-refractivity contribution in [2.45, 2.75) is 109 Å². The molecule has 4 atom stereocenters. The highest BCUT2D eigenvalue weighted by Crippen LogP contribution is 2.33. The molecular weight excluding hydrogens is 424 g/mol. The van der Waals surface area contributed by atoms with Crippen LogP contribution in [0.15, 0.2) is 12.3 Å². The third kappa shape index (κ3) is 7.52. The van der Waals surface area contributed by atoms with Crippen LogP contribution in [0.2, 0.25) is 0 Å². The molecule has 2 aliphatic rings. The molecule has 0 bridgehead atoms. The van der Waals surface area contributed by atoms with Crippen LogP contribution in [0, 0.1) is 0 Å². The number of nitrogens with one attached hydrogen (secondary N) is 2. The van der Waals surface area contributed by atoms with Gasteiger partial charge in [-0.1, -0.05) is 71.1 Å². The number of rotatable bonds is 16. The molecule has 1 amide bonds. The van der Waals surface area contributed by atoms with Crippen LogP contribution < -0.4 is 19.9 Å². The van der Waals surface area contributed by atoms with Crippen LogP contribution in [0.4, 0.5) is 5.82 Å². The van der Waals surface area contributed by atoms with Gasteiger partial charge in [0.05, 0.1) is 13.3 Å². The van der Waals surface area contributed by atoms with Crippen LogP contribution >= 0.6 is 0 Å². The van der Waals surface area contributed by atoms with E-state index in [4.69, 9.17) is 9.47 Å². The fraction of sp³-hybridized carbons (Fsp3) is 0.792. The van der Waals surface area contributed by atoms with Gasteiger partial charge in [-0.25, -0.2) is 0 Å². The maximum absolute atomic E-state index is 12.0. The molecule has 4 N–H and O–H groups in total. The Labute approximate surface area is 196 Å². The van der Waals surface area contributed by atoms with Crippen molar-refractivity contribution in [3.8, 4) is 6.01 Å². The number of hydrogen-bond acceptors (Lipinski definition) is 7. The molecule has 0 aliphatic carbocycles.